The Bertz CT molecular complexity index is 1150. The highest BCUT2D eigenvalue weighted by Gasteiger charge is 2.36. The Morgan fingerprint density at radius 3 is 1.27 bits per heavy atom. The lowest BCUT2D eigenvalue weighted by atomic mass is 9.86. The quantitative estimate of drug-likeness (QED) is 0.343. The fourth-order valence-corrected chi connectivity index (χ4v) is 4.13. The number of ether oxygens (including phenoxy) is 8. The number of carbonyl (C=O) groups excluding carboxylic acids is 1. The van der Waals surface area contributed by atoms with Crippen molar-refractivity contribution in [2.24, 2.45) is 0 Å². The number of allylic oxidation sites excluding steroid dienone is 3. The van der Waals surface area contributed by atoms with E-state index in [4.69, 9.17) is 42.3 Å². The molecule has 0 atom stereocenters. The van der Waals surface area contributed by atoms with Gasteiger partial charge in [-0.25, -0.2) is 0 Å². The third-order valence-corrected chi connectivity index (χ3v) is 5.90. The molecule has 2 aromatic rings. The van der Waals surface area contributed by atoms with Crippen LogP contribution in [0.1, 0.15) is 11.1 Å². The average Bonchev–Trinajstić information content (AvgIpc) is 2.96. The van der Waals surface area contributed by atoms with E-state index >= 15 is 0 Å². The maximum atomic E-state index is 5.84. The van der Waals surface area contributed by atoms with E-state index in [0.717, 1.165) is 0 Å². The molecule has 0 unspecified atom stereocenters. The van der Waals surface area contributed by atoms with Crippen molar-refractivity contribution in [2.45, 2.75) is 0 Å². The van der Waals surface area contributed by atoms with Crippen LogP contribution in [-0.2, 0) is 13.9 Å². The second-order valence-electron chi connectivity index (χ2n) is 7.60. The molecule has 3 rings (SSSR count). The van der Waals surface area contributed by atoms with Crippen LogP contribution in [0.2, 0.25) is 0 Å². The van der Waals surface area contributed by atoms with Crippen molar-refractivity contribution in [3.63, 3.8) is 0 Å². The van der Waals surface area contributed by atoms with E-state index in [2.05, 4.69) is 0 Å². The van der Waals surface area contributed by atoms with Crippen molar-refractivity contribution in [1.82, 2.24) is 0 Å². The maximum absolute atomic E-state index is 5.84. The first-order valence-electron chi connectivity index (χ1n) is 11.2. The molecule has 9 nitrogen and oxygen atoms in total. The lowest BCUT2D eigenvalue weighted by molar-refractivity contribution is -0.418. The lowest BCUT2D eigenvalue weighted by Gasteiger charge is -2.24. The fraction of sp³-hybridized carbons (Fsp3) is 0.321. The molecule has 0 heterocycles. The van der Waals surface area contributed by atoms with Gasteiger partial charge in [-0.3, -0.25) is 4.42 Å². The van der Waals surface area contributed by atoms with Gasteiger partial charge in [0.15, 0.2) is 0 Å². The third-order valence-electron chi connectivity index (χ3n) is 5.90. The van der Waals surface area contributed by atoms with E-state index < -0.39 is 0 Å². The van der Waals surface area contributed by atoms with Crippen molar-refractivity contribution in [3.8, 4) is 34.5 Å². The van der Waals surface area contributed by atoms with Gasteiger partial charge < -0.3 is 37.9 Å². The van der Waals surface area contributed by atoms with Crippen molar-refractivity contribution < 1.29 is 42.3 Å². The highest BCUT2D eigenvalue weighted by atomic mass is 16.5. The van der Waals surface area contributed by atoms with E-state index in [1.807, 2.05) is 0 Å². The first-order chi connectivity index (χ1) is 17.9. The summed E-state index contributed by atoms with van der Waals surface area (Å²) >= 11 is 0. The second kappa shape index (κ2) is 12.1. The topological polar surface area (TPSA) is 85.1 Å². The molecule has 198 valence electrons. The summed E-state index contributed by atoms with van der Waals surface area (Å²) in [6, 6.07) is 7.07. The van der Waals surface area contributed by atoms with Gasteiger partial charge in [0.1, 0.15) is 51.6 Å². The maximum Gasteiger partial charge on any atom is 0.358 e. The van der Waals surface area contributed by atoms with Crippen LogP contribution >= 0.6 is 0 Å². The van der Waals surface area contributed by atoms with E-state index in [1.54, 1.807) is 100 Å². The summed E-state index contributed by atoms with van der Waals surface area (Å²) in [6.07, 6.45) is 3.53. The minimum atomic E-state index is 0.478. The zero-order valence-electron chi connectivity index (χ0n) is 22.6. The van der Waals surface area contributed by atoms with Crippen molar-refractivity contribution in [3.05, 3.63) is 64.6 Å². The Kier molecular flexibility index (Phi) is 8.95. The third kappa shape index (κ3) is 5.16. The monoisotopic (exact) mass is 513 g/mol. The molecule has 2 aromatic carbocycles. The average molecular weight is 514 g/mol. The van der Waals surface area contributed by atoms with Gasteiger partial charge in [-0.05, 0) is 0 Å². The molecule has 1 aliphatic rings. The Morgan fingerprint density at radius 2 is 0.973 bits per heavy atom. The summed E-state index contributed by atoms with van der Waals surface area (Å²) in [5, 5.41) is 0. The molecule has 0 aromatic heterocycles. The molecule has 0 amide bonds. The van der Waals surface area contributed by atoms with E-state index in [0.29, 0.717) is 74.1 Å². The zero-order chi connectivity index (χ0) is 27.1. The summed E-state index contributed by atoms with van der Waals surface area (Å²) in [5.41, 5.74) is 2.38. The largest absolute Gasteiger partial charge is 0.496 e. The number of methoxy groups -OCH3 is 8. The predicted octanol–water partition coefficient (Wildman–Crippen LogP) is 4.35. The highest BCUT2D eigenvalue weighted by molar-refractivity contribution is 6.17. The van der Waals surface area contributed by atoms with E-state index in [-0.39, 0.29) is 0 Å². The number of benzene rings is 2. The van der Waals surface area contributed by atoms with Gasteiger partial charge in [-0.15, -0.1) is 0 Å². The van der Waals surface area contributed by atoms with Gasteiger partial charge in [-0.1, -0.05) is 0 Å². The molecular formula is C28H33O9+. The van der Waals surface area contributed by atoms with Crippen molar-refractivity contribution in [1.29, 1.82) is 0 Å². The van der Waals surface area contributed by atoms with E-state index in [1.165, 1.54) is 0 Å². The first kappa shape index (κ1) is 27.3. The summed E-state index contributed by atoms with van der Waals surface area (Å²) < 4.78 is 51.5. The molecular weight excluding hydrogens is 480 g/mol. The van der Waals surface area contributed by atoms with Crippen LogP contribution in [0.25, 0.3) is 5.57 Å². The number of hydrogen-bond acceptors (Lipinski definition) is 8. The molecule has 0 N–H and O–H groups in total. The molecule has 0 saturated heterocycles. The van der Waals surface area contributed by atoms with Gasteiger partial charge in [0.25, 0.3) is 7.11 Å². The standard InChI is InChI=1S/C28H33O9/c1-29-16-10-19(32-4)25(20(11-16)33-5)28(26-21(34-6)12-17(30-2)13-22(26)35-7)27-23(36-8)14-18(31-3)15-24(27)37-9/h10-15H,1-9H3/q+1. The van der Waals surface area contributed by atoms with Crippen LogP contribution in [0.4, 0.5) is 0 Å². The Balaban J connectivity index is 2.65. The van der Waals surface area contributed by atoms with Crippen LogP contribution in [0, 0.1) is 0 Å². The van der Waals surface area contributed by atoms with Gasteiger partial charge in [0.05, 0.1) is 74.1 Å². The molecule has 37 heavy (non-hydrogen) atoms. The normalized spacial score (nSPS) is 13.9. The molecule has 0 bridgehead atoms. The molecule has 0 saturated carbocycles. The number of ketones is 1. The predicted molar refractivity (Wildman–Crippen MR) is 139 cm³/mol. The summed E-state index contributed by atoms with van der Waals surface area (Å²) in [7, 11) is 14.1. The smallest absolute Gasteiger partial charge is 0.358 e. The van der Waals surface area contributed by atoms with Crippen molar-refractivity contribution >= 4 is 11.4 Å². The van der Waals surface area contributed by atoms with Gasteiger partial charge in [-0.2, -0.15) is 0 Å². The minimum absolute atomic E-state index is 0.478. The number of rotatable bonds is 10. The SMILES string of the molecule is COC1=CC(=[O+]C)C(=C(c2c(OC)cc(OC)cc2OC)c2c(OC)cc(OC)cc2OC)C(OC)=C1. The van der Waals surface area contributed by atoms with Crippen LogP contribution in [-0.4, -0.2) is 69.8 Å². The van der Waals surface area contributed by atoms with Crippen molar-refractivity contribution in [2.75, 3.05) is 64.0 Å². The Labute approximate surface area is 217 Å². The van der Waals surface area contributed by atoms with Crippen LogP contribution in [0.5, 0.6) is 34.5 Å². The molecule has 0 fully saturated rings. The minimum Gasteiger partial charge on any atom is -0.496 e. The fourth-order valence-electron chi connectivity index (χ4n) is 4.13. The number of hydrogen-bond donors (Lipinski definition) is 0. The first-order valence-corrected chi connectivity index (χ1v) is 11.2. The Morgan fingerprint density at radius 1 is 0.541 bits per heavy atom. The Hall–Kier alpha value is -4.27. The molecule has 1 aliphatic carbocycles. The van der Waals surface area contributed by atoms with Gasteiger partial charge in [0.2, 0.25) is 0 Å². The van der Waals surface area contributed by atoms with Crippen LogP contribution in [0.3, 0.4) is 0 Å². The zero-order valence-corrected chi connectivity index (χ0v) is 22.6. The summed E-state index contributed by atoms with van der Waals surface area (Å²) in [6.45, 7) is 0. The molecule has 9 heteroatoms. The second-order valence-corrected chi connectivity index (χ2v) is 7.60. The molecule has 0 radical (unpaired) electrons. The van der Waals surface area contributed by atoms with Gasteiger partial charge in [0, 0.05) is 35.9 Å². The molecule has 0 aliphatic heterocycles. The highest BCUT2D eigenvalue weighted by Crippen LogP contribution is 2.50. The molecule has 0 spiro atoms. The van der Waals surface area contributed by atoms with Gasteiger partial charge >= 0.3 is 5.78 Å². The lowest BCUT2D eigenvalue weighted by Crippen LogP contribution is -2.16. The van der Waals surface area contributed by atoms with Crippen LogP contribution in [0.15, 0.2) is 53.5 Å². The summed E-state index contributed by atoms with van der Waals surface area (Å²) in [5.74, 6) is 4.53. The van der Waals surface area contributed by atoms with E-state index in [9.17, 15) is 0 Å². The van der Waals surface area contributed by atoms with Crippen LogP contribution < -0.4 is 28.4 Å². The summed E-state index contributed by atoms with van der Waals surface area (Å²) in [4.78, 5) is 0.